The Morgan fingerprint density at radius 2 is 2.17 bits per heavy atom. The van der Waals surface area contributed by atoms with E-state index in [1.54, 1.807) is 12.3 Å². The molecule has 1 aliphatic heterocycles. The highest BCUT2D eigenvalue weighted by Gasteiger charge is 2.25. The molecule has 9 heteroatoms. The third kappa shape index (κ3) is 6.83. The summed E-state index contributed by atoms with van der Waals surface area (Å²) in [7, 11) is 0. The molecule has 2 N–H and O–H groups in total. The standard InChI is InChI=1S/C20H30FN7.HI/c1-3-22-20(25-9-4-5-12-27-14-11-23-16(27)2)26-17-8-13-28(15-17)19-18(21)7-6-10-24-19;/h6-7,10-11,14,17H,3-5,8-9,12-13,15H2,1-2H3,(H2,22,25,26);1H. The van der Waals surface area contributed by atoms with E-state index in [1.807, 2.05) is 24.2 Å². The molecular weight excluding hydrogens is 484 g/mol. The van der Waals surface area contributed by atoms with Gasteiger partial charge in [0.25, 0.3) is 0 Å². The topological polar surface area (TPSA) is 70.4 Å². The van der Waals surface area contributed by atoms with Gasteiger partial charge in [0.2, 0.25) is 0 Å². The lowest BCUT2D eigenvalue weighted by Crippen LogP contribution is -2.44. The number of aryl methyl sites for hydroxylation is 2. The third-order valence-electron chi connectivity index (χ3n) is 4.91. The van der Waals surface area contributed by atoms with Crippen molar-refractivity contribution in [2.45, 2.75) is 45.7 Å². The minimum absolute atomic E-state index is 0. The number of hydrogen-bond acceptors (Lipinski definition) is 4. The average molecular weight is 515 g/mol. The lowest BCUT2D eigenvalue weighted by Gasteiger charge is -2.20. The number of anilines is 1. The minimum Gasteiger partial charge on any atom is -0.357 e. The molecule has 1 atom stereocenters. The van der Waals surface area contributed by atoms with Crippen LogP contribution in [0.4, 0.5) is 10.2 Å². The van der Waals surface area contributed by atoms with E-state index in [2.05, 4.69) is 32.1 Å². The van der Waals surface area contributed by atoms with Crippen molar-refractivity contribution < 1.29 is 4.39 Å². The number of halogens is 2. The van der Waals surface area contributed by atoms with Gasteiger partial charge >= 0.3 is 0 Å². The number of aliphatic imine (C=N–C) groups is 1. The number of rotatable bonds is 8. The molecule has 3 heterocycles. The fourth-order valence-electron chi connectivity index (χ4n) is 3.42. The number of pyridine rings is 1. The summed E-state index contributed by atoms with van der Waals surface area (Å²) in [5.74, 6) is 2.05. The fraction of sp³-hybridized carbons (Fsp3) is 0.550. The van der Waals surface area contributed by atoms with Gasteiger partial charge in [-0.1, -0.05) is 0 Å². The van der Waals surface area contributed by atoms with Gasteiger partial charge in [0.1, 0.15) is 5.82 Å². The molecule has 0 spiro atoms. The second kappa shape index (κ2) is 11.9. The van der Waals surface area contributed by atoms with Gasteiger partial charge in [0.15, 0.2) is 17.6 Å². The van der Waals surface area contributed by atoms with E-state index < -0.39 is 0 Å². The Labute approximate surface area is 189 Å². The average Bonchev–Trinajstić information content (AvgIpc) is 3.31. The molecule has 1 fully saturated rings. The van der Waals surface area contributed by atoms with Crippen molar-refractivity contribution in [1.29, 1.82) is 0 Å². The van der Waals surface area contributed by atoms with Crippen molar-refractivity contribution in [1.82, 2.24) is 25.2 Å². The zero-order chi connectivity index (χ0) is 19.8. The van der Waals surface area contributed by atoms with Crippen molar-refractivity contribution >= 4 is 35.8 Å². The second-order valence-electron chi connectivity index (χ2n) is 7.02. The van der Waals surface area contributed by atoms with Gasteiger partial charge in [-0.25, -0.2) is 14.4 Å². The summed E-state index contributed by atoms with van der Waals surface area (Å²) in [6.45, 7) is 8.14. The van der Waals surface area contributed by atoms with Crippen molar-refractivity contribution in [3.8, 4) is 0 Å². The first-order chi connectivity index (χ1) is 13.7. The normalized spacial score (nSPS) is 16.6. The Bertz CT molecular complexity index is 780. The van der Waals surface area contributed by atoms with E-state index in [4.69, 9.17) is 4.99 Å². The van der Waals surface area contributed by atoms with Crippen LogP contribution in [-0.4, -0.2) is 52.7 Å². The Balaban J connectivity index is 0.00000300. The van der Waals surface area contributed by atoms with Crippen molar-refractivity contribution in [2.75, 3.05) is 31.1 Å². The third-order valence-corrected chi connectivity index (χ3v) is 4.91. The summed E-state index contributed by atoms with van der Waals surface area (Å²) in [6.07, 6.45) is 8.50. The quantitative estimate of drug-likeness (QED) is 0.245. The molecule has 2 aromatic heterocycles. The lowest BCUT2D eigenvalue weighted by molar-refractivity contribution is 0.597. The van der Waals surface area contributed by atoms with Gasteiger partial charge in [-0.05, 0) is 45.2 Å². The first-order valence-electron chi connectivity index (χ1n) is 10.1. The van der Waals surface area contributed by atoms with Crippen LogP contribution in [0.25, 0.3) is 0 Å². The second-order valence-corrected chi connectivity index (χ2v) is 7.02. The zero-order valence-corrected chi connectivity index (χ0v) is 19.5. The molecule has 1 saturated heterocycles. The largest absolute Gasteiger partial charge is 0.357 e. The van der Waals surface area contributed by atoms with Crippen LogP contribution in [0.15, 0.2) is 35.7 Å². The summed E-state index contributed by atoms with van der Waals surface area (Å²) >= 11 is 0. The molecule has 1 unspecified atom stereocenters. The zero-order valence-electron chi connectivity index (χ0n) is 17.1. The Morgan fingerprint density at radius 1 is 1.31 bits per heavy atom. The summed E-state index contributed by atoms with van der Waals surface area (Å²) in [5, 5.41) is 6.79. The summed E-state index contributed by atoms with van der Waals surface area (Å²) < 4.78 is 16.1. The molecule has 160 valence electrons. The van der Waals surface area contributed by atoms with Crippen LogP contribution in [0.3, 0.4) is 0 Å². The Morgan fingerprint density at radius 3 is 2.90 bits per heavy atom. The van der Waals surface area contributed by atoms with Gasteiger partial charge < -0.3 is 20.1 Å². The predicted molar refractivity (Wildman–Crippen MR) is 126 cm³/mol. The molecule has 1 aliphatic rings. The summed E-state index contributed by atoms with van der Waals surface area (Å²) in [5.41, 5.74) is 0. The smallest absolute Gasteiger partial charge is 0.191 e. The first-order valence-corrected chi connectivity index (χ1v) is 10.1. The summed E-state index contributed by atoms with van der Waals surface area (Å²) in [4.78, 5) is 15.1. The number of guanidine groups is 1. The van der Waals surface area contributed by atoms with Crippen molar-refractivity contribution in [3.63, 3.8) is 0 Å². The number of hydrogen-bond donors (Lipinski definition) is 2. The number of imidazole rings is 1. The SMILES string of the molecule is CCNC(=NCCCCn1ccnc1C)NC1CCN(c2ncccc2F)C1.I. The van der Waals surface area contributed by atoms with Gasteiger partial charge in [0, 0.05) is 57.4 Å². The van der Waals surface area contributed by atoms with Gasteiger partial charge in [0.05, 0.1) is 0 Å². The highest BCUT2D eigenvalue weighted by molar-refractivity contribution is 14.0. The monoisotopic (exact) mass is 515 g/mol. The van der Waals surface area contributed by atoms with Crippen LogP contribution >= 0.6 is 24.0 Å². The molecule has 7 nitrogen and oxygen atoms in total. The van der Waals surface area contributed by atoms with E-state index in [-0.39, 0.29) is 35.8 Å². The number of nitrogens with zero attached hydrogens (tertiary/aromatic N) is 5. The van der Waals surface area contributed by atoms with E-state index in [0.29, 0.717) is 5.82 Å². The Kier molecular flexibility index (Phi) is 9.62. The number of aromatic nitrogens is 3. The molecule has 3 rings (SSSR count). The van der Waals surface area contributed by atoms with E-state index in [1.165, 1.54) is 6.07 Å². The number of unbranched alkanes of at least 4 members (excludes halogenated alkanes) is 1. The molecule has 0 amide bonds. The predicted octanol–water partition coefficient (Wildman–Crippen LogP) is 2.96. The maximum atomic E-state index is 14.0. The molecular formula is C20H31FIN7. The van der Waals surface area contributed by atoms with Gasteiger partial charge in [-0.15, -0.1) is 24.0 Å². The van der Waals surface area contributed by atoms with Crippen LogP contribution < -0.4 is 15.5 Å². The van der Waals surface area contributed by atoms with Gasteiger partial charge in [-0.2, -0.15) is 0 Å². The molecule has 0 radical (unpaired) electrons. The first kappa shape index (κ1) is 23.4. The highest BCUT2D eigenvalue weighted by Crippen LogP contribution is 2.20. The number of nitrogens with one attached hydrogen (secondary N) is 2. The van der Waals surface area contributed by atoms with Crippen LogP contribution in [0.1, 0.15) is 32.0 Å². The molecule has 0 aliphatic carbocycles. The molecule has 29 heavy (non-hydrogen) atoms. The molecule has 0 aromatic carbocycles. The van der Waals surface area contributed by atoms with E-state index in [0.717, 1.165) is 63.8 Å². The van der Waals surface area contributed by atoms with Crippen LogP contribution in [0.5, 0.6) is 0 Å². The van der Waals surface area contributed by atoms with Crippen LogP contribution in [-0.2, 0) is 6.54 Å². The Hall–Kier alpha value is -1.91. The van der Waals surface area contributed by atoms with Crippen molar-refractivity contribution in [3.05, 3.63) is 42.4 Å². The summed E-state index contributed by atoms with van der Waals surface area (Å²) in [6, 6.07) is 3.31. The lowest BCUT2D eigenvalue weighted by atomic mass is 10.3. The van der Waals surface area contributed by atoms with Crippen molar-refractivity contribution in [2.24, 2.45) is 4.99 Å². The van der Waals surface area contributed by atoms with E-state index in [9.17, 15) is 4.39 Å². The molecule has 0 saturated carbocycles. The fourth-order valence-corrected chi connectivity index (χ4v) is 3.42. The van der Waals surface area contributed by atoms with Crippen LogP contribution in [0, 0.1) is 12.7 Å². The minimum atomic E-state index is -0.267. The maximum absolute atomic E-state index is 14.0. The van der Waals surface area contributed by atoms with Crippen LogP contribution in [0.2, 0.25) is 0 Å². The maximum Gasteiger partial charge on any atom is 0.191 e. The highest BCUT2D eigenvalue weighted by atomic mass is 127. The molecule has 2 aromatic rings. The van der Waals surface area contributed by atoms with Gasteiger partial charge in [-0.3, -0.25) is 4.99 Å². The van der Waals surface area contributed by atoms with E-state index >= 15 is 0 Å². The molecule has 0 bridgehead atoms.